The zero-order chi connectivity index (χ0) is 12.3. The van der Waals surface area contributed by atoms with Crippen molar-refractivity contribution in [3.63, 3.8) is 0 Å². The van der Waals surface area contributed by atoms with E-state index in [0.29, 0.717) is 5.13 Å². The number of nitrogens with zero attached hydrogens (tertiary/aromatic N) is 1. The van der Waals surface area contributed by atoms with Gasteiger partial charge in [0.05, 0.1) is 5.69 Å². The van der Waals surface area contributed by atoms with Crippen LogP contribution in [-0.4, -0.2) is 11.3 Å². The van der Waals surface area contributed by atoms with Gasteiger partial charge < -0.3 is 5.73 Å². The summed E-state index contributed by atoms with van der Waals surface area (Å²) in [7, 11) is 0. The summed E-state index contributed by atoms with van der Waals surface area (Å²) in [5, 5.41) is 0.586. The normalized spacial score (nSPS) is 10.9. The Morgan fingerprint density at radius 3 is 2.53 bits per heavy atom. The number of allylic oxidation sites excluding steroid dienone is 1. The molecular weight excluding hydrogens is 232 g/mol. The topological polar surface area (TPSA) is 56.0 Å². The Hall–Kier alpha value is -1.94. The quantitative estimate of drug-likeness (QED) is 0.667. The number of thiazole rings is 1. The van der Waals surface area contributed by atoms with Crippen molar-refractivity contribution < 1.29 is 4.79 Å². The van der Waals surface area contributed by atoms with Crippen molar-refractivity contribution in [2.24, 2.45) is 0 Å². The predicted octanol–water partition coefficient (Wildman–Crippen LogP) is 2.91. The lowest BCUT2D eigenvalue weighted by molar-refractivity contribution is -0.104. The SMILES string of the molecule is Cc1sc(N)nc1-c1ccc(C=CC=O)cc1. The monoisotopic (exact) mass is 244 g/mol. The van der Waals surface area contributed by atoms with E-state index < -0.39 is 0 Å². The van der Waals surface area contributed by atoms with Gasteiger partial charge in [-0.05, 0) is 18.6 Å². The Bertz CT molecular complexity index is 555. The Morgan fingerprint density at radius 1 is 1.29 bits per heavy atom. The van der Waals surface area contributed by atoms with Gasteiger partial charge in [-0.1, -0.05) is 30.3 Å². The summed E-state index contributed by atoms with van der Waals surface area (Å²) in [6, 6.07) is 7.85. The molecule has 3 nitrogen and oxygen atoms in total. The predicted molar refractivity (Wildman–Crippen MR) is 71.8 cm³/mol. The Balaban J connectivity index is 2.32. The highest BCUT2D eigenvalue weighted by Crippen LogP contribution is 2.28. The third kappa shape index (κ3) is 2.60. The minimum atomic E-state index is 0.586. The molecule has 1 aromatic heterocycles. The van der Waals surface area contributed by atoms with Crippen LogP contribution in [0.5, 0.6) is 0 Å². The van der Waals surface area contributed by atoms with Crippen LogP contribution in [0.2, 0.25) is 0 Å². The summed E-state index contributed by atoms with van der Waals surface area (Å²) in [5.41, 5.74) is 8.63. The number of hydrogen-bond donors (Lipinski definition) is 1. The smallest absolute Gasteiger partial charge is 0.180 e. The van der Waals surface area contributed by atoms with Crippen LogP contribution in [0.1, 0.15) is 10.4 Å². The first-order valence-electron chi connectivity index (χ1n) is 5.16. The van der Waals surface area contributed by atoms with E-state index in [1.54, 1.807) is 6.08 Å². The number of carbonyl (C=O) groups excluding carboxylic acids is 1. The number of benzene rings is 1. The molecule has 0 saturated carbocycles. The Kier molecular flexibility index (Phi) is 3.35. The van der Waals surface area contributed by atoms with Crippen LogP contribution in [-0.2, 0) is 4.79 Å². The zero-order valence-corrected chi connectivity index (χ0v) is 10.2. The van der Waals surface area contributed by atoms with E-state index in [2.05, 4.69) is 4.98 Å². The second kappa shape index (κ2) is 4.93. The van der Waals surface area contributed by atoms with Crippen LogP contribution >= 0.6 is 11.3 Å². The molecule has 1 heterocycles. The maximum atomic E-state index is 10.2. The van der Waals surface area contributed by atoms with Crippen LogP contribution < -0.4 is 5.73 Å². The van der Waals surface area contributed by atoms with Crippen molar-refractivity contribution in [3.8, 4) is 11.3 Å². The van der Waals surface area contributed by atoms with Crippen LogP contribution in [0.3, 0.4) is 0 Å². The molecule has 0 spiro atoms. The van der Waals surface area contributed by atoms with Crippen LogP contribution in [0.25, 0.3) is 17.3 Å². The summed E-state index contributed by atoms with van der Waals surface area (Å²) in [6.45, 7) is 2.00. The molecular formula is C13H12N2OS. The number of aromatic nitrogens is 1. The molecule has 0 aliphatic heterocycles. The second-order valence-corrected chi connectivity index (χ2v) is 4.81. The van der Waals surface area contributed by atoms with E-state index >= 15 is 0 Å². The lowest BCUT2D eigenvalue weighted by Gasteiger charge is -1.99. The molecule has 2 N–H and O–H groups in total. The van der Waals surface area contributed by atoms with Gasteiger partial charge in [0.15, 0.2) is 5.13 Å². The number of rotatable bonds is 3. The summed E-state index contributed by atoms with van der Waals surface area (Å²) < 4.78 is 0. The molecule has 0 amide bonds. The minimum absolute atomic E-state index is 0.586. The molecule has 0 unspecified atom stereocenters. The molecule has 0 radical (unpaired) electrons. The van der Waals surface area contributed by atoms with Gasteiger partial charge in [0, 0.05) is 10.4 Å². The minimum Gasteiger partial charge on any atom is -0.375 e. The molecule has 2 rings (SSSR count). The molecule has 17 heavy (non-hydrogen) atoms. The van der Waals surface area contributed by atoms with Gasteiger partial charge in [0.2, 0.25) is 0 Å². The fourth-order valence-electron chi connectivity index (χ4n) is 1.59. The van der Waals surface area contributed by atoms with Gasteiger partial charge in [-0.25, -0.2) is 4.98 Å². The Morgan fingerprint density at radius 2 is 2.00 bits per heavy atom. The van der Waals surface area contributed by atoms with E-state index in [9.17, 15) is 4.79 Å². The zero-order valence-electron chi connectivity index (χ0n) is 9.38. The van der Waals surface area contributed by atoms with Crippen molar-refractivity contribution in [2.45, 2.75) is 6.92 Å². The van der Waals surface area contributed by atoms with Crippen molar-refractivity contribution in [3.05, 3.63) is 40.8 Å². The Labute approximate surface area is 104 Å². The van der Waals surface area contributed by atoms with Gasteiger partial charge >= 0.3 is 0 Å². The first-order valence-corrected chi connectivity index (χ1v) is 5.97. The molecule has 2 aromatic rings. The maximum Gasteiger partial charge on any atom is 0.180 e. The van der Waals surface area contributed by atoms with Crippen LogP contribution in [0, 0.1) is 6.92 Å². The summed E-state index contributed by atoms with van der Waals surface area (Å²) >= 11 is 1.49. The number of anilines is 1. The molecule has 0 bridgehead atoms. The summed E-state index contributed by atoms with van der Waals surface area (Å²) in [5.74, 6) is 0. The summed E-state index contributed by atoms with van der Waals surface area (Å²) in [4.78, 5) is 15.6. The third-order valence-corrected chi connectivity index (χ3v) is 3.16. The second-order valence-electron chi connectivity index (χ2n) is 3.57. The molecule has 4 heteroatoms. The van der Waals surface area contributed by atoms with E-state index in [1.807, 2.05) is 31.2 Å². The van der Waals surface area contributed by atoms with E-state index in [-0.39, 0.29) is 0 Å². The highest BCUT2D eigenvalue weighted by atomic mass is 32.1. The van der Waals surface area contributed by atoms with Gasteiger partial charge in [-0.3, -0.25) is 4.79 Å². The number of nitrogen functional groups attached to an aromatic ring is 1. The standard InChI is InChI=1S/C13H12N2OS/c1-9-12(15-13(14)17-9)11-6-4-10(5-7-11)3-2-8-16/h2-8H,1H3,(H2,14,15). The van der Waals surface area contributed by atoms with E-state index in [0.717, 1.165) is 28.0 Å². The number of carbonyl (C=O) groups is 1. The lowest BCUT2D eigenvalue weighted by Crippen LogP contribution is -1.84. The number of aryl methyl sites for hydroxylation is 1. The van der Waals surface area contributed by atoms with Gasteiger partial charge in [-0.2, -0.15) is 0 Å². The van der Waals surface area contributed by atoms with Crippen molar-refractivity contribution in [1.29, 1.82) is 0 Å². The fraction of sp³-hybridized carbons (Fsp3) is 0.0769. The average Bonchev–Trinajstić information content (AvgIpc) is 2.66. The van der Waals surface area contributed by atoms with Crippen molar-refractivity contribution >= 4 is 28.8 Å². The molecule has 86 valence electrons. The van der Waals surface area contributed by atoms with Crippen molar-refractivity contribution in [1.82, 2.24) is 4.98 Å². The largest absolute Gasteiger partial charge is 0.375 e. The van der Waals surface area contributed by atoms with E-state index in [1.165, 1.54) is 17.4 Å². The third-order valence-electron chi connectivity index (χ3n) is 2.36. The van der Waals surface area contributed by atoms with Gasteiger partial charge in [-0.15, -0.1) is 11.3 Å². The number of hydrogen-bond acceptors (Lipinski definition) is 4. The molecule has 1 aromatic carbocycles. The van der Waals surface area contributed by atoms with Gasteiger partial charge in [0.25, 0.3) is 0 Å². The van der Waals surface area contributed by atoms with Crippen LogP contribution in [0.4, 0.5) is 5.13 Å². The molecule has 0 saturated heterocycles. The number of nitrogens with two attached hydrogens (primary N) is 1. The first kappa shape index (κ1) is 11.5. The van der Waals surface area contributed by atoms with Crippen LogP contribution in [0.15, 0.2) is 30.3 Å². The molecule has 0 aliphatic carbocycles. The number of aldehydes is 1. The maximum absolute atomic E-state index is 10.2. The lowest BCUT2D eigenvalue weighted by atomic mass is 10.1. The van der Waals surface area contributed by atoms with E-state index in [4.69, 9.17) is 5.73 Å². The fourth-order valence-corrected chi connectivity index (χ4v) is 2.30. The van der Waals surface area contributed by atoms with Crippen molar-refractivity contribution in [2.75, 3.05) is 5.73 Å². The molecule has 0 atom stereocenters. The molecule has 0 fully saturated rings. The molecule has 0 aliphatic rings. The first-order chi connectivity index (χ1) is 8.20. The van der Waals surface area contributed by atoms with Gasteiger partial charge in [0.1, 0.15) is 6.29 Å². The highest BCUT2D eigenvalue weighted by Gasteiger charge is 2.07. The average molecular weight is 244 g/mol. The highest BCUT2D eigenvalue weighted by molar-refractivity contribution is 7.15. The summed E-state index contributed by atoms with van der Waals surface area (Å²) in [6.07, 6.45) is 4.00.